The van der Waals surface area contributed by atoms with Gasteiger partial charge in [-0.1, -0.05) is 194 Å². The van der Waals surface area contributed by atoms with Gasteiger partial charge in [-0.3, -0.25) is 4.57 Å². The summed E-state index contributed by atoms with van der Waals surface area (Å²) in [6, 6.07) is 92.7. The fourth-order valence-electron chi connectivity index (χ4n) is 11.2. The van der Waals surface area contributed by atoms with E-state index in [1.807, 2.05) is 36.4 Å². The molecule has 6 nitrogen and oxygen atoms in total. The van der Waals surface area contributed by atoms with E-state index in [0.29, 0.717) is 17.6 Å². The van der Waals surface area contributed by atoms with Crippen molar-refractivity contribution in [2.45, 2.75) is 12.0 Å². The van der Waals surface area contributed by atoms with Crippen LogP contribution in [0.5, 0.6) is 0 Å². The Morgan fingerprint density at radius 3 is 1.37 bits per heavy atom. The molecule has 354 valence electrons. The first-order chi connectivity index (χ1) is 37.2. The van der Waals surface area contributed by atoms with E-state index >= 15 is 0 Å². The first kappa shape index (κ1) is 43.8. The van der Waals surface area contributed by atoms with Gasteiger partial charge in [0.1, 0.15) is 0 Å². The van der Waals surface area contributed by atoms with Crippen molar-refractivity contribution >= 4 is 55.8 Å². The average Bonchev–Trinajstić information content (AvgIpc) is 4.04. The summed E-state index contributed by atoms with van der Waals surface area (Å²) in [5, 5.41) is 2.25. The normalized spacial score (nSPS) is 14.7. The zero-order chi connectivity index (χ0) is 49.7. The van der Waals surface area contributed by atoms with Gasteiger partial charge in [0.15, 0.2) is 11.6 Å². The fraction of sp³-hybridized carbons (Fsp3) is 0.0290. The lowest BCUT2D eigenvalue weighted by Crippen LogP contribution is -2.29. The van der Waals surface area contributed by atoms with Crippen LogP contribution >= 0.6 is 0 Å². The van der Waals surface area contributed by atoms with Gasteiger partial charge in [-0.15, -0.1) is 0 Å². The van der Waals surface area contributed by atoms with Gasteiger partial charge < -0.3 is 9.80 Å². The first-order valence-corrected chi connectivity index (χ1v) is 25.6. The SMILES string of the molecule is C1=CC2C(C=C1c1ccc3c(c1)c1cc(-c4ccccc4)ccc1n3-c1nc(-c3ccccc3)nc(-c3ccccc3)n1)c1cc(-c3ccccc3)ccc1N2c1ccc(N(c2ccccc2)c2ccccc2)cc1. The Bertz CT molecular complexity index is 4000. The number of anilines is 5. The number of hydrogen-bond donors (Lipinski definition) is 0. The monoisotopic (exact) mass is 960 g/mol. The second-order valence-corrected chi connectivity index (χ2v) is 19.2. The van der Waals surface area contributed by atoms with Gasteiger partial charge in [-0.2, -0.15) is 9.97 Å². The minimum atomic E-state index is 0.0699. The lowest BCUT2D eigenvalue weighted by atomic mass is 9.85. The van der Waals surface area contributed by atoms with Crippen molar-refractivity contribution in [3.63, 3.8) is 0 Å². The number of para-hydroxylation sites is 2. The molecule has 0 radical (unpaired) electrons. The maximum absolute atomic E-state index is 5.24. The summed E-state index contributed by atoms with van der Waals surface area (Å²) >= 11 is 0. The molecule has 2 aromatic heterocycles. The highest BCUT2D eigenvalue weighted by molar-refractivity contribution is 6.11. The lowest BCUT2D eigenvalue weighted by Gasteiger charge is -2.31. The Labute approximate surface area is 436 Å². The highest BCUT2D eigenvalue weighted by atomic mass is 15.2. The molecule has 6 heteroatoms. The van der Waals surface area contributed by atoms with Crippen LogP contribution in [0, 0.1) is 0 Å². The van der Waals surface area contributed by atoms with Crippen LogP contribution in [-0.4, -0.2) is 25.6 Å². The third-order valence-corrected chi connectivity index (χ3v) is 14.8. The molecule has 10 aromatic carbocycles. The summed E-state index contributed by atoms with van der Waals surface area (Å²) in [6.45, 7) is 0. The zero-order valence-corrected chi connectivity index (χ0v) is 40.9. The Morgan fingerprint density at radius 1 is 0.373 bits per heavy atom. The maximum atomic E-state index is 5.24. The van der Waals surface area contributed by atoms with Gasteiger partial charge in [-0.05, 0) is 124 Å². The van der Waals surface area contributed by atoms with E-state index in [1.165, 1.54) is 28.0 Å². The second kappa shape index (κ2) is 18.6. The largest absolute Gasteiger partial charge is 0.333 e. The van der Waals surface area contributed by atoms with Gasteiger partial charge in [-0.25, -0.2) is 4.98 Å². The molecule has 1 aliphatic heterocycles. The van der Waals surface area contributed by atoms with Crippen LogP contribution in [-0.2, 0) is 0 Å². The van der Waals surface area contributed by atoms with E-state index in [1.54, 1.807) is 0 Å². The Kier molecular flexibility index (Phi) is 10.9. The highest BCUT2D eigenvalue weighted by Crippen LogP contribution is 2.51. The van der Waals surface area contributed by atoms with Crippen LogP contribution in [0.25, 0.3) is 78.4 Å². The molecule has 0 saturated heterocycles. The van der Waals surface area contributed by atoms with Crippen LogP contribution in [0.1, 0.15) is 17.0 Å². The van der Waals surface area contributed by atoms with Crippen molar-refractivity contribution in [1.29, 1.82) is 0 Å². The molecular formula is C69H48N6. The molecule has 12 aromatic rings. The third-order valence-electron chi connectivity index (χ3n) is 14.8. The zero-order valence-electron chi connectivity index (χ0n) is 40.9. The summed E-state index contributed by atoms with van der Waals surface area (Å²) in [5.74, 6) is 1.91. The van der Waals surface area contributed by atoms with Crippen LogP contribution in [0.15, 0.2) is 279 Å². The molecule has 1 aliphatic carbocycles. The van der Waals surface area contributed by atoms with Gasteiger partial charge in [0.25, 0.3) is 0 Å². The topological polar surface area (TPSA) is 50.1 Å². The van der Waals surface area contributed by atoms with E-state index in [2.05, 4.69) is 257 Å². The van der Waals surface area contributed by atoms with Crippen molar-refractivity contribution in [1.82, 2.24) is 19.5 Å². The molecule has 0 spiro atoms. The van der Waals surface area contributed by atoms with Gasteiger partial charge in [0, 0.05) is 56.3 Å². The molecule has 2 unspecified atom stereocenters. The van der Waals surface area contributed by atoms with Crippen molar-refractivity contribution in [3.8, 4) is 51.0 Å². The fourth-order valence-corrected chi connectivity index (χ4v) is 11.2. The standard InChI is InChI=1S/C69H48N6/c1-7-19-47(20-8-1)51-31-39-63-59(43-51)60-45-53(33-40-64(60)74(63)58-37-35-57(36-38-58)73(55-27-15-5-16-28-55)56-29-17-6-18-30-56)54-34-42-66-62(46-54)61-44-52(48-21-9-2-10-22-48)32-41-65(61)75(66)69-71-67(49-23-11-3-12-24-49)70-68(72-69)50-25-13-4-14-26-50/h1-46,60,64H. The Balaban J connectivity index is 0.897. The second-order valence-electron chi connectivity index (χ2n) is 19.2. The molecule has 0 saturated carbocycles. The van der Waals surface area contributed by atoms with Crippen LogP contribution < -0.4 is 9.80 Å². The minimum Gasteiger partial charge on any atom is -0.333 e. The van der Waals surface area contributed by atoms with Crippen molar-refractivity contribution < 1.29 is 0 Å². The summed E-state index contributed by atoms with van der Waals surface area (Å²) in [7, 11) is 0. The highest BCUT2D eigenvalue weighted by Gasteiger charge is 2.39. The molecule has 0 amide bonds. The van der Waals surface area contributed by atoms with Crippen LogP contribution in [0.4, 0.5) is 28.4 Å². The molecule has 3 heterocycles. The molecule has 0 fully saturated rings. The number of allylic oxidation sites excluding steroid dienone is 2. The van der Waals surface area contributed by atoms with E-state index in [4.69, 9.17) is 15.0 Å². The van der Waals surface area contributed by atoms with Gasteiger partial charge >= 0.3 is 0 Å². The number of nitrogens with zero attached hydrogens (tertiary/aromatic N) is 6. The lowest BCUT2D eigenvalue weighted by molar-refractivity contribution is 0.747. The number of aromatic nitrogens is 4. The quantitative estimate of drug-likeness (QED) is 0.137. The third kappa shape index (κ3) is 7.97. The van der Waals surface area contributed by atoms with Crippen molar-refractivity contribution in [2.24, 2.45) is 0 Å². The summed E-state index contributed by atoms with van der Waals surface area (Å²) in [4.78, 5) is 20.4. The summed E-state index contributed by atoms with van der Waals surface area (Å²) < 4.78 is 2.21. The maximum Gasteiger partial charge on any atom is 0.238 e. The van der Waals surface area contributed by atoms with Crippen molar-refractivity contribution in [2.75, 3.05) is 9.80 Å². The van der Waals surface area contributed by atoms with Crippen LogP contribution in [0.3, 0.4) is 0 Å². The predicted octanol–water partition coefficient (Wildman–Crippen LogP) is 17.4. The first-order valence-electron chi connectivity index (χ1n) is 25.6. The minimum absolute atomic E-state index is 0.0699. The molecule has 0 N–H and O–H groups in total. The van der Waals surface area contributed by atoms with Crippen molar-refractivity contribution in [3.05, 3.63) is 290 Å². The van der Waals surface area contributed by atoms with E-state index < -0.39 is 0 Å². The number of benzene rings is 10. The van der Waals surface area contributed by atoms with Gasteiger partial charge in [0.05, 0.1) is 17.1 Å². The number of rotatable bonds is 10. The van der Waals surface area contributed by atoms with Crippen LogP contribution in [0.2, 0.25) is 0 Å². The van der Waals surface area contributed by atoms with E-state index in [-0.39, 0.29) is 12.0 Å². The number of fused-ring (bicyclic) bond motifs is 6. The van der Waals surface area contributed by atoms with E-state index in [9.17, 15) is 0 Å². The molecule has 2 aliphatic rings. The molecule has 2 atom stereocenters. The average molecular weight is 961 g/mol. The van der Waals surface area contributed by atoms with Gasteiger partial charge in [0.2, 0.25) is 5.95 Å². The van der Waals surface area contributed by atoms with E-state index in [0.717, 1.165) is 72.4 Å². The molecule has 0 bridgehead atoms. The molecular weight excluding hydrogens is 913 g/mol. The smallest absolute Gasteiger partial charge is 0.238 e. The summed E-state index contributed by atoms with van der Waals surface area (Å²) in [6.07, 6.45) is 7.25. The number of hydrogen-bond acceptors (Lipinski definition) is 5. The Hall–Kier alpha value is -9.91. The molecule has 75 heavy (non-hydrogen) atoms. The predicted molar refractivity (Wildman–Crippen MR) is 309 cm³/mol. The Morgan fingerprint density at radius 2 is 0.827 bits per heavy atom. The summed E-state index contributed by atoms with van der Waals surface area (Å²) in [5.41, 5.74) is 18.0. The molecule has 14 rings (SSSR count).